The second-order valence-corrected chi connectivity index (χ2v) is 18.3. The van der Waals surface area contributed by atoms with Crippen molar-refractivity contribution in [2.75, 3.05) is 46.4 Å². The van der Waals surface area contributed by atoms with Gasteiger partial charge in [0.2, 0.25) is 23.6 Å². The average molecular weight is 1010 g/mol. The first kappa shape index (κ1) is 55.1. The smallest absolute Gasteiger partial charge is 0.255 e. The lowest BCUT2D eigenvalue weighted by Gasteiger charge is -2.32. The van der Waals surface area contributed by atoms with Crippen molar-refractivity contribution in [3.05, 3.63) is 88.7 Å². The Morgan fingerprint density at radius 3 is 2.08 bits per heavy atom. The van der Waals surface area contributed by atoms with Gasteiger partial charge in [-0.05, 0) is 119 Å². The maximum Gasteiger partial charge on any atom is 0.255 e. The van der Waals surface area contributed by atoms with Crippen LogP contribution in [0.25, 0.3) is 22.5 Å². The molecule has 2 aliphatic rings. The minimum Gasteiger partial charge on any atom is -0.490 e. The Bertz CT molecular complexity index is 2620. The summed E-state index contributed by atoms with van der Waals surface area (Å²) in [5.41, 5.74) is 20.4. The Hall–Kier alpha value is -7.22. The molecule has 1 aromatic heterocycles. The molecule has 6 rings (SSSR count). The van der Waals surface area contributed by atoms with Crippen molar-refractivity contribution in [1.82, 2.24) is 36.1 Å². The van der Waals surface area contributed by atoms with Crippen LogP contribution in [0.3, 0.4) is 0 Å². The first-order valence-corrected chi connectivity index (χ1v) is 24.5. The van der Waals surface area contributed by atoms with E-state index in [1.54, 1.807) is 38.1 Å². The van der Waals surface area contributed by atoms with Gasteiger partial charge in [0.05, 0.1) is 29.1 Å². The van der Waals surface area contributed by atoms with Crippen LogP contribution in [0.1, 0.15) is 84.4 Å². The molecule has 4 aromatic rings. The fourth-order valence-corrected chi connectivity index (χ4v) is 8.76. The number of benzene rings is 3. The van der Waals surface area contributed by atoms with Gasteiger partial charge in [-0.3, -0.25) is 24.0 Å². The fraction of sp³-hybridized carbons (Fsp3) is 0.462. The normalized spacial score (nSPS) is 18.3. The monoisotopic (exact) mass is 1010 g/mol. The zero-order chi connectivity index (χ0) is 52.8. The number of aliphatic hydroxyl groups is 2. The number of hydrogen-bond acceptors (Lipinski definition) is 16. The number of carbonyl (C=O) groups is 5. The third-order valence-corrected chi connectivity index (χ3v) is 12.7. The summed E-state index contributed by atoms with van der Waals surface area (Å²) in [6.45, 7) is 3.66. The molecular formula is C52H67N11O10. The molecule has 5 amide bonds. The SMILES string of the molecule is Cc1nc(-c2ccc(OC3CCCCC3)cc2)nc(C)c1C(=O)NC(CCN)C(=O)N(C)[C@@H]1C(=O)N[C@@H](C)C(=O)N[C@H](C(=O)NCC#N)Cc2ccc(OCC(O)CN)c(c2)-c2cc1ccc2OCC(O)CN. The van der Waals surface area contributed by atoms with Crippen LogP contribution in [0.4, 0.5) is 0 Å². The third-order valence-electron chi connectivity index (χ3n) is 12.7. The van der Waals surface area contributed by atoms with E-state index in [0.717, 1.165) is 41.9 Å². The van der Waals surface area contributed by atoms with Crippen molar-refractivity contribution >= 4 is 29.5 Å². The number of likely N-dealkylation sites (N-methyl/N-ethyl adjacent to an activating group) is 1. The lowest BCUT2D eigenvalue weighted by molar-refractivity contribution is -0.141. The van der Waals surface area contributed by atoms with Crippen molar-refractivity contribution in [3.63, 3.8) is 0 Å². The summed E-state index contributed by atoms with van der Waals surface area (Å²) in [6.07, 6.45) is 3.50. The van der Waals surface area contributed by atoms with Crippen molar-refractivity contribution in [2.24, 2.45) is 17.2 Å². The van der Waals surface area contributed by atoms with Crippen LogP contribution < -0.4 is 52.7 Å². The summed E-state index contributed by atoms with van der Waals surface area (Å²) in [5.74, 6) is -2.06. The molecule has 6 atom stereocenters. The van der Waals surface area contributed by atoms with Crippen LogP contribution in [0.15, 0.2) is 60.7 Å². The van der Waals surface area contributed by atoms with Crippen molar-refractivity contribution < 1.29 is 48.4 Å². The zero-order valence-electron chi connectivity index (χ0n) is 41.7. The van der Waals surface area contributed by atoms with Gasteiger partial charge >= 0.3 is 0 Å². The molecule has 390 valence electrons. The van der Waals surface area contributed by atoms with Crippen LogP contribution in [0.5, 0.6) is 17.2 Å². The van der Waals surface area contributed by atoms with Crippen molar-refractivity contribution in [3.8, 4) is 45.8 Å². The van der Waals surface area contributed by atoms with Gasteiger partial charge in [0.1, 0.15) is 73.4 Å². The van der Waals surface area contributed by atoms with Crippen molar-refractivity contribution in [2.45, 2.75) is 108 Å². The molecule has 1 fully saturated rings. The second kappa shape index (κ2) is 25.9. The highest BCUT2D eigenvalue weighted by molar-refractivity contribution is 6.00. The van der Waals surface area contributed by atoms with Crippen LogP contribution in [0.2, 0.25) is 0 Å². The lowest BCUT2D eigenvalue weighted by atomic mass is 9.93. The number of hydrogen-bond donors (Lipinski definition) is 9. The molecule has 0 saturated heterocycles. The van der Waals surface area contributed by atoms with Gasteiger partial charge in [-0.2, -0.15) is 5.26 Å². The summed E-state index contributed by atoms with van der Waals surface area (Å²) in [4.78, 5) is 81.6. The van der Waals surface area contributed by atoms with Gasteiger partial charge in [0.25, 0.3) is 5.91 Å². The molecular weight excluding hydrogens is 939 g/mol. The molecule has 4 bridgehead atoms. The number of aliphatic hydroxyl groups excluding tert-OH is 2. The minimum atomic E-state index is -1.50. The van der Waals surface area contributed by atoms with Gasteiger partial charge in [-0.1, -0.05) is 18.6 Å². The predicted molar refractivity (Wildman–Crippen MR) is 270 cm³/mol. The second-order valence-electron chi connectivity index (χ2n) is 18.3. The molecule has 1 aliphatic carbocycles. The van der Waals surface area contributed by atoms with E-state index in [1.165, 1.54) is 32.5 Å². The van der Waals surface area contributed by atoms with Crippen molar-refractivity contribution in [1.29, 1.82) is 5.26 Å². The van der Waals surface area contributed by atoms with Crippen LogP contribution in [-0.2, 0) is 25.6 Å². The number of aryl methyl sites for hydroxylation is 2. The first-order chi connectivity index (χ1) is 35.0. The van der Waals surface area contributed by atoms with Crippen LogP contribution in [-0.4, -0.2) is 137 Å². The molecule has 0 spiro atoms. The van der Waals surface area contributed by atoms with E-state index in [1.807, 2.05) is 30.3 Å². The van der Waals surface area contributed by atoms with Gasteiger partial charge in [-0.15, -0.1) is 0 Å². The molecule has 3 unspecified atom stereocenters. The average Bonchev–Trinajstić information content (AvgIpc) is 3.38. The van der Waals surface area contributed by atoms with E-state index in [4.69, 9.17) is 31.4 Å². The van der Waals surface area contributed by atoms with E-state index in [-0.39, 0.29) is 81.0 Å². The number of nitriles is 1. The third kappa shape index (κ3) is 14.3. The summed E-state index contributed by atoms with van der Waals surface area (Å²) < 4.78 is 18.4. The Morgan fingerprint density at radius 1 is 0.863 bits per heavy atom. The van der Waals surface area contributed by atoms with E-state index in [0.29, 0.717) is 33.9 Å². The number of fused-ring (bicyclic) bond motifs is 5. The summed E-state index contributed by atoms with van der Waals surface area (Å²) in [5, 5.41) is 40.7. The minimum absolute atomic E-state index is 0.0433. The highest BCUT2D eigenvalue weighted by atomic mass is 16.5. The van der Waals surface area contributed by atoms with Gasteiger partial charge < -0.3 is 67.8 Å². The summed E-state index contributed by atoms with van der Waals surface area (Å²) in [7, 11) is 1.37. The number of rotatable bonds is 19. The topological polar surface area (TPSA) is 332 Å². The van der Waals surface area contributed by atoms with Crippen LogP contribution >= 0.6 is 0 Å². The molecule has 3 aromatic carbocycles. The number of amides is 5. The van der Waals surface area contributed by atoms with E-state index >= 15 is 0 Å². The Labute approximate surface area is 424 Å². The number of aromatic nitrogens is 2. The summed E-state index contributed by atoms with van der Waals surface area (Å²) >= 11 is 0. The number of nitrogens with zero attached hydrogens (tertiary/aromatic N) is 4. The maximum absolute atomic E-state index is 14.8. The zero-order valence-corrected chi connectivity index (χ0v) is 41.7. The first-order valence-electron chi connectivity index (χ1n) is 24.5. The summed E-state index contributed by atoms with van der Waals surface area (Å²) in [6, 6.07) is 13.6. The number of nitrogens with two attached hydrogens (primary N) is 3. The highest BCUT2D eigenvalue weighted by Gasteiger charge is 2.37. The number of ether oxygens (including phenoxy) is 3. The van der Waals surface area contributed by atoms with Crippen LogP contribution in [0, 0.1) is 25.2 Å². The van der Waals surface area contributed by atoms with E-state index < -0.39 is 65.9 Å². The molecule has 21 nitrogen and oxygen atoms in total. The molecule has 21 heteroatoms. The van der Waals surface area contributed by atoms with Gasteiger partial charge in [-0.25, -0.2) is 9.97 Å². The lowest BCUT2D eigenvalue weighted by Crippen LogP contribution is -2.56. The largest absolute Gasteiger partial charge is 0.490 e. The number of nitrogens with one attached hydrogen (secondary N) is 4. The Kier molecular flexibility index (Phi) is 19.6. The molecule has 1 saturated carbocycles. The standard InChI is InChI=1S/C52H67N11O10/c1-29-45(30(2)59-47(58-29)33-11-14-38(15-12-33)73-37-8-6-5-7-9-37)50(68)61-41(18-19-53)52(70)63(4)46-34-13-17-44(72-28-36(65)26-56)40(24-34)39-22-32(10-16-43(39)71-27-35(64)25-55)23-42(49(67)57-21-20-54)62-48(66)31(3)60-51(46)69/h10-17,22,24,31,35-37,41-42,46,64-65H,5-9,18-19,21,23,25-28,53,55-56H2,1-4H3,(H,57,67)(H,60,69)(H,61,68)(H,62,66)/t31-,35?,36?,41?,42-,46-/m0/s1. The molecule has 1 aliphatic heterocycles. The fourth-order valence-electron chi connectivity index (χ4n) is 8.76. The van der Waals surface area contributed by atoms with E-state index in [9.17, 15) is 39.4 Å². The van der Waals surface area contributed by atoms with E-state index in [2.05, 4.69) is 31.2 Å². The maximum atomic E-state index is 14.8. The molecule has 12 N–H and O–H groups in total. The predicted octanol–water partition coefficient (Wildman–Crippen LogP) is 1.37. The molecule has 73 heavy (non-hydrogen) atoms. The molecule has 2 heterocycles. The van der Waals surface area contributed by atoms with Gasteiger partial charge in [0.15, 0.2) is 5.82 Å². The number of carbonyl (C=O) groups excluding carboxylic acids is 5. The highest BCUT2D eigenvalue weighted by Crippen LogP contribution is 2.40. The Balaban J connectivity index is 1.37. The van der Waals surface area contributed by atoms with Gasteiger partial charge in [0, 0.05) is 43.2 Å². The quantitative estimate of drug-likeness (QED) is 0.0599. The Morgan fingerprint density at radius 2 is 1.48 bits per heavy atom. The molecule has 0 radical (unpaired) electrons.